The predicted molar refractivity (Wildman–Crippen MR) is 83.6 cm³/mol. The van der Waals surface area contributed by atoms with Crippen molar-refractivity contribution in [1.82, 2.24) is 14.8 Å². The molecule has 2 N–H and O–H groups in total. The van der Waals surface area contributed by atoms with Gasteiger partial charge in [-0.15, -0.1) is 5.10 Å². The summed E-state index contributed by atoms with van der Waals surface area (Å²) < 4.78 is 2.32. The van der Waals surface area contributed by atoms with Crippen LogP contribution in [-0.2, 0) is 0 Å². The molecule has 0 aliphatic rings. The summed E-state index contributed by atoms with van der Waals surface area (Å²) in [5, 5.41) is 13.7. The van der Waals surface area contributed by atoms with E-state index in [1.165, 1.54) is 0 Å². The SMILES string of the molecule is N#Cc1c(Br)cccc1-n1cnc(-c2ccc(N)cc2)n1. The van der Waals surface area contributed by atoms with Gasteiger partial charge in [-0.1, -0.05) is 6.07 Å². The van der Waals surface area contributed by atoms with Crippen LogP contribution in [0.15, 0.2) is 53.3 Å². The Morgan fingerprint density at radius 1 is 1.14 bits per heavy atom. The molecular weight excluding hydrogens is 330 g/mol. The molecule has 21 heavy (non-hydrogen) atoms. The Kier molecular flexibility index (Phi) is 3.42. The van der Waals surface area contributed by atoms with Gasteiger partial charge in [0.15, 0.2) is 5.82 Å². The molecule has 2 aromatic carbocycles. The molecule has 3 rings (SSSR count). The lowest BCUT2D eigenvalue weighted by Crippen LogP contribution is -1.99. The Bertz CT molecular complexity index is 830. The largest absolute Gasteiger partial charge is 0.399 e. The van der Waals surface area contributed by atoms with Crippen LogP contribution < -0.4 is 5.73 Å². The summed E-state index contributed by atoms with van der Waals surface area (Å²) in [6, 6.07) is 15.0. The first kappa shape index (κ1) is 13.3. The van der Waals surface area contributed by atoms with Crippen molar-refractivity contribution in [2.45, 2.75) is 0 Å². The number of nitrogens with zero attached hydrogens (tertiary/aromatic N) is 4. The molecule has 3 aromatic rings. The number of hydrogen-bond acceptors (Lipinski definition) is 4. The molecule has 0 unspecified atom stereocenters. The van der Waals surface area contributed by atoms with Crippen molar-refractivity contribution in [2.75, 3.05) is 5.73 Å². The second-order valence-corrected chi connectivity index (χ2v) is 5.23. The van der Waals surface area contributed by atoms with Crippen LogP contribution in [0.25, 0.3) is 17.1 Å². The van der Waals surface area contributed by atoms with Crippen molar-refractivity contribution in [1.29, 1.82) is 5.26 Å². The summed E-state index contributed by atoms with van der Waals surface area (Å²) in [6.07, 6.45) is 1.59. The molecule has 102 valence electrons. The van der Waals surface area contributed by atoms with E-state index in [4.69, 9.17) is 5.73 Å². The minimum atomic E-state index is 0.520. The number of rotatable bonds is 2. The van der Waals surface area contributed by atoms with Crippen molar-refractivity contribution < 1.29 is 0 Å². The zero-order valence-corrected chi connectivity index (χ0v) is 12.4. The molecule has 5 nitrogen and oxygen atoms in total. The molecule has 0 fully saturated rings. The van der Waals surface area contributed by atoms with E-state index in [0.29, 0.717) is 22.8 Å². The minimum absolute atomic E-state index is 0.520. The normalized spacial score (nSPS) is 10.3. The maximum atomic E-state index is 9.26. The molecule has 1 aromatic heterocycles. The summed E-state index contributed by atoms with van der Waals surface area (Å²) in [4.78, 5) is 4.28. The third kappa shape index (κ3) is 2.51. The Hall–Kier alpha value is -2.65. The van der Waals surface area contributed by atoms with Crippen molar-refractivity contribution in [3.05, 3.63) is 58.8 Å². The van der Waals surface area contributed by atoms with Crippen LogP contribution in [0, 0.1) is 11.3 Å². The Morgan fingerprint density at radius 3 is 2.62 bits per heavy atom. The van der Waals surface area contributed by atoms with Crippen LogP contribution in [0.1, 0.15) is 5.56 Å². The zero-order valence-electron chi connectivity index (χ0n) is 10.9. The number of nitrogens with two attached hydrogens (primary N) is 1. The number of anilines is 1. The molecule has 0 radical (unpaired) electrons. The first-order valence-electron chi connectivity index (χ1n) is 6.15. The molecule has 0 bridgehead atoms. The lowest BCUT2D eigenvalue weighted by atomic mass is 10.2. The average molecular weight is 340 g/mol. The first-order chi connectivity index (χ1) is 10.2. The monoisotopic (exact) mass is 339 g/mol. The highest BCUT2D eigenvalue weighted by molar-refractivity contribution is 9.10. The number of aromatic nitrogens is 3. The molecule has 0 aliphatic heterocycles. The maximum Gasteiger partial charge on any atom is 0.181 e. The number of nitriles is 1. The van der Waals surface area contributed by atoms with Gasteiger partial charge in [-0.3, -0.25) is 0 Å². The van der Waals surface area contributed by atoms with E-state index < -0.39 is 0 Å². The van der Waals surface area contributed by atoms with Gasteiger partial charge in [-0.2, -0.15) is 5.26 Å². The van der Waals surface area contributed by atoms with Gasteiger partial charge >= 0.3 is 0 Å². The minimum Gasteiger partial charge on any atom is -0.399 e. The van der Waals surface area contributed by atoms with Crippen molar-refractivity contribution in [2.24, 2.45) is 0 Å². The summed E-state index contributed by atoms with van der Waals surface area (Å²) in [7, 11) is 0. The highest BCUT2D eigenvalue weighted by Gasteiger charge is 2.11. The Morgan fingerprint density at radius 2 is 1.90 bits per heavy atom. The van der Waals surface area contributed by atoms with Crippen LogP contribution in [0.4, 0.5) is 5.69 Å². The molecular formula is C15H10BrN5. The summed E-state index contributed by atoms with van der Waals surface area (Å²) >= 11 is 3.37. The summed E-state index contributed by atoms with van der Waals surface area (Å²) in [5.41, 5.74) is 8.43. The van der Waals surface area contributed by atoms with E-state index in [-0.39, 0.29) is 0 Å². The van der Waals surface area contributed by atoms with Crippen LogP contribution in [0.2, 0.25) is 0 Å². The van der Waals surface area contributed by atoms with E-state index in [1.807, 2.05) is 30.3 Å². The van der Waals surface area contributed by atoms with Gasteiger partial charge in [-0.05, 0) is 52.3 Å². The highest BCUT2D eigenvalue weighted by Crippen LogP contribution is 2.23. The van der Waals surface area contributed by atoms with Gasteiger partial charge in [0.25, 0.3) is 0 Å². The molecule has 6 heteroatoms. The lowest BCUT2D eigenvalue weighted by molar-refractivity contribution is 0.878. The van der Waals surface area contributed by atoms with E-state index in [0.717, 1.165) is 10.0 Å². The third-order valence-electron chi connectivity index (χ3n) is 3.01. The Balaban J connectivity index is 2.05. The quantitative estimate of drug-likeness (QED) is 0.727. The van der Waals surface area contributed by atoms with Gasteiger partial charge in [0.1, 0.15) is 12.4 Å². The number of benzene rings is 2. The number of halogens is 1. The fraction of sp³-hybridized carbons (Fsp3) is 0. The van der Waals surface area contributed by atoms with E-state index in [9.17, 15) is 5.26 Å². The van der Waals surface area contributed by atoms with E-state index >= 15 is 0 Å². The summed E-state index contributed by atoms with van der Waals surface area (Å²) in [6.45, 7) is 0. The van der Waals surface area contributed by atoms with E-state index in [1.54, 1.807) is 23.1 Å². The van der Waals surface area contributed by atoms with Crippen LogP contribution in [0.3, 0.4) is 0 Å². The molecule has 0 amide bonds. The second kappa shape index (κ2) is 5.38. The van der Waals surface area contributed by atoms with Gasteiger partial charge in [0, 0.05) is 15.7 Å². The lowest BCUT2D eigenvalue weighted by Gasteiger charge is -2.04. The summed E-state index contributed by atoms with van der Waals surface area (Å²) in [5.74, 6) is 0.582. The van der Waals surface area contributed by atoms with Crippen LogP contribution >= 0.6 is 15.9 Å². The molecule has 0 spiro atoms. The second-order valence-electron chi connectivity index (χ2n) is 4.38. The van der Waals surface area contributed by atoms with Gasteiger partial charge in [0.05, 0.1) is 11.3 Å². The number of nitrogen functional groups attached to an aromatic ring is 1. The van der Waals surface area contributed by atoms with Gasteiger partial charge < -0.3 is 5.73 Å². The average Bonchev–Trinajstić information content (AvgIpc) is 2.97. The highest BCUT2D eigenvalue weighted by atomic mass is 79.9. The topological polar surface area (TPSA) is 80.5 Å². The standard InChI is InChI=1S/C15H10BrN5/c16-13-2-1-3-14(12(13)8-17)21-9-19-15(20-21)10-4-6-11(18)7-5-10/h1-7,9H,18H2. The van der Waals surface area contributed by atoms with E-state index in [2.05, 4.69) is 32.1 Å². The zero-order chi connectivity index (χ0) is 14.8. The molecule has 0 saturated heterocycles. The van der Waals surface area contributed by atoms with Gasteiger partial charge in [-0.25, -0.2) is 9.67 Å². The van der Waals surface area contributed by atoms with Crippen molar-refractivity contribution in [3.8, 4) is 23.1 Å². The molecule has 0 saturated carbocycles. The molecule has 0 atom stereocenters. The van der Waals surface area contributed by atoms with Crippen molar-refractivity contribution in [3.63, 3.8) is 0 Å². The predicted octanol–water partition coefficient (Wildman–Crippen LogP) is 3.15. The third-order valence-corrected chi connectivity index (χ3v) is 3.67. The first-order valence-corrected chi connectivity index (χ1v) is 6.95. The smallest absolute Gasteiger partial charge is 0.181 e. The fourth-order valence-electron chi connectivity index (χ4n) is 1.96. The fourth-order valence-corrected chi connectivity index (χ4v) is 2.40. The van der Waals surface area contributed by atoms with Crippen molar-refractivity contribution >= 4 is 21.6 Å². The Labute approximate surface area is 129 Å². The van der Waals surface area contributed by atoms with Crippen LogP contribution in [0.5, 0.6) is 0 Å². The van der Waals surface area contributed by atoms with Gasteiger partial charge in [0.2, 0.25) is 0 Å². The van der Waals surface area contributed by atoms with Crippen LogP contribution in [-0.4, -0.2) is 14.8 Å². The molecule has 0 aliphatic carbocycles. The maximum absolute atomic E-state index is 9.26. The number of hydrogen-bond donors (Lipinski definition) is 1. The molecule has 1 heterocycles.